The Kier molecular flexibility index (Phi) is 13.0. The predicted molar refractivity (Wildman–Crippen MR) is 206 cm³/mol. The number of ether oxygens (including phenoxy) is 3. The van der Waals surface area contributed by atoms with E-state index in [1.807, 2.05) is 4.72 Å². The van der Waals surface area contributed by atoms with Gasteiger partial charge in [0.1, 0.15) is 59.9 Å². The number of alkyl halides is 2. The molecule has 56 heavy (non-hydrogen) atoms. The molecular weight excluding hydrogens is 770 g/mol. The molecule has 0 bridgehead atoms. The monoisotopic (exact) mass is 808 g/mol. The van der Waals surface area contributed by atoms with E-state index in [4.69, 9.17) is 14.2 Å². The van der Waals surface area contributed by atoms with Crippen LogP contribution in [-0.2, 0) is 28.1 Å². The summed E-state index contributed by atoms with van der Waals surface area (Å²) < 4.78 is 85.9. The minimum Gasteiger partial charge on any atom is -0.487 e. The Morgan fingerprint density at radius 3 is 2.45 bits per heavy atom. The first-order valence-corrected chi connectivity index (χ1v) is 22.4. The van der Waals surface area contributed by atoms with Gasteiger partial charge < -0.3 is 24.6 Å². The van der Waals surface area contributed by atoms with Gasteiger partial charge in [0.25, 0.3) is 10.0 Å². The third kappa shape index (κ3) is 10.9. The first kappa shape index (κ1) is 41.3. The summed E-state index contributed by atoms with van der Waals surface area (Å²) in [4.78, 5) is 15.7. The molecule has 0 saturated heterocycles. The summed E-state index contributed by atoms with van der Waals surface area (Å²) in [6.07, 6.45) is 0.658. The average molecular weight is 809 g/mol. The van der Waals surface area contributed by atoms with Crippen LogP contribution in [0.2, 0.25) is 25.7 Å². The van der Waals surface area contributed by atoms with Crippen molar-refractivity contribution in [3.63, 3.8) is 0 Å². The third-order valence-corrected chi connectivity index (χ3v) is 10.9. The fourth-order valence-corrected chi connectivity index (χ4v) is 6.50. The van der Waals surface area contributed by atoms with Crippen LogP contribution in [0, 0.1) is 17.1 Å². The number of anilines is 3. The number of nitriles is 1. The van der Waals surface area contributed by atoms with Crippen LogP contribution >= 0.6 is 0 Å². The number of aromatic carboxylic acids is 1. The quantitative estimate of drug-likeness (QED) is 0.0572. The number of carbonyl (C=O) groups is 1. The number of nitrogens with zero attached hydrogens (tertiary/aromatic N) is 4. The van der Waals surface area contributed by atoms with Gasteiger partial charge in [-0.05, 0) is 72.6 Å². The molecule has 1 atom stereocenters. The number of nitrogens with one attached hydrogen (secondary N) is 2. The summed E-state index contributed by atoms with van der Waals surface area (Å²) in [5.74, 6) is -4.51. The second-order valence-corrected chi connectivity index (χ2v) is 21.0. The zero-order chi connectivity index (χ0) is 40.6. The van der Waals surface area contributed by atoms with Crippen molar-refractivity contribution in [2.45, 2.75) is 57.8 Å². The molecule has 2 heterocycles. The molecule has 1 unspecified atom stereocenters. The van der Waals surface area contributed by atoms with E-state index in [2.05, 4.69) is 41.1 Å². The van der Waals surface area contributed by atoms with Crippen molar-refractivity contribution in [2.24, 2.45) is 0 Å². The van der Waals surface area contributed by atoms with Gasteiger partial charge in [-0.2, -0.15) is 19.1 Å². The number of halogens is 3. The molecule has 3 aromatic carbocycles. The molecule has 13 nitrogen and oxygen atoms in total. The Morgan fingerprint density at radius 2 is 1.80 bits per heavy atom. The van der Waals surface area contributed by atoms with Crippen LogP contribution < -0.4 is 19.5 Å². The molecule has 3 N–H and O–H groups in total. The normalized spacial score (nSPS) is 12.2. The lowest BCUT2D eigenvalue weighted by atomic mass is 10.1. The van der Waals surface area contributed by atoms with E-state index in [-0.39, 0.29) is 53.0 Å². The van der Waals surface area contributed by atoms with Gasteiger partial charge in [-0.15, -0.1) is 0 Å². The molecule has 5 rings (SSSR count). The van der Waals surface area contributed by atoms with E-state index >= 15 is 0 Å². The highest BCUT2D eigenvalue weighted by atomic mass is 32.2. The van der Waals surface area contributed by atoms with Gasteiger partial charge in [0.15, 0.2) is 5.82 Å². The van der Waals surface area contributed by atoms with E-state index < -0.39 is 41.7 Å². The number of carboxylic acids is 1. The molecule has 0 aliphatic rings. The van der Waals surface area contributed by atoms with Crippen LogP contribution in [0.25, 0.3) is 11.3 Å². The number of rotatable bonds is 18. The number of hydrogen-bond acceptors (Lipinski definition) is 10. The summed E-state index contributed by atoms with van der Waals surface area (Å²) in [6, 6.07) is 22.0. The summed E-state index contributed by atoms with van der Waals surface area (Å²) >= 11 is 0. The average Bonchev–Trinajstić information content (AvgIpc) is 3.50. The van der Waals surface area contributed by atoms with E-state index in [0.29, 0.717) is 29.3 Å². The molecule has 0 aliphatic heterocycles. The van der Waals surface area contributed by atoms with E-state index in [1.54, 1.807) is 31.2 Å². The molecule has 5 aromatic rings. The third-order valence-electron chi connectivity index (χ3n) is 8.22. The molecule has 0 saturated carbocycles. The largest absolute Gasteiger partial charge is 0.487 e. The van der Waals surface area contributed by atoms with Crippen molar-refractivity contribution in [3.05, 3.63) is 113 Å². The summed E-state index contributed by atoms with van der Waals surface area (Å²) in [5, 5.41) is 27.5. The fraction of sp³-hybridized carbons (Fsp3) is 0.263. The molecule has 18 heteroatoms. The smallest absolute Gasteiger partial charge is 0.355 e. The Hall–Kier alpha value is -5.90. The van der Waals surface area contributed by atoms with Gasteiger partial charge in [0.2, 0.25) is 0 Å². The highest BCUT2D eigenvalue weighted by Gasteiger charge is 2.27. The molecule has 0 radical (unpaired) electrons. The predicted octanol–water partition coefficient (Wildman–Crippen LogP) is 8.39. The maximum atomic E-state index is 13.6. The van der Waals surface area contributed by atoms with Crippen LogP contribution in [-0.4, -0.2) is 54.7 Å². The maximum Gasteiger partial charge on any atom is 0.355 e. The molecule has 294 valence electrons. The first-order chi connectivity index (χ1) is 26.5. The van der Waals surface area contributed by atoms with Crippen LogP contribution in [0.15, 0.2) is 85.1 Å². The standard InChI is InChI=1S/C38H39F3N6O7SSi/c1-24(26-8-11-29(39)12-9-26)54-33-19-27(10-14-32(33)46-55(50,51)38(40)41)35-31(20-42)36(47(45-35)23-52-16-17-56(2,3)4)44-34-15-13-30(21-43-34)53-22-25-6-5-7-28(18-25)37(48)49/h5-15,18-19,21,24,38,46H,16-17,22-23H2,1-4H3,(H,43,44)(H,48,49). The van der Waals surface area contributed by atoms with Crippen LogP contribution in [0.3, 0.4) is 0 Å². The van der Waals surface area contributed by atoms with Crippen molar-refractivity contribution >= 4 is 41.4 Å². The van der Waals surface area contributed by atoms with Crippen molar-refractivity contribution in [3.8, 4) is 28.8 Å². The lowest BCUT2D eigenvalue weighted by molar-refractivity contribution is 0.0696. The molecule has 0 fully saturated rings. The van der Waals surface area contributed by atoms with Gasteiger partial charge in [-0.3, -0.25) is 4.72 Å². The van der Waals surface area contributed by atoms with E-state index in [1.165, 1.54) is 65.5 Å². The number of carboxylic acid groups (broad SMARTS) is 1. The maximum absolute atomic E-state index is 13.6. The zero-order valence-corrected chi connectivity index (χ0v) is 32.6. The molecular formula is C38H39F3N6O7SSi. The molecule has 0 amide bonds. The Balaban J connectivity index is 1.48. The van der Waals surface area contributed by atoms with Gasteiger partial charge in [0, 0.05) is 20.2 Å². The zero-order valence-electron chi connectivity index (χ0n) is 30.8. The van der Waals surface area contributed by atoms with Crippen molar-refractivity contribution in [1.82, 2.24) is 14.8 Å². The van der Waals surface area contributed by atoms with Crippen molar-refractivity contribution in [1.29, 1.82) is 5.26 Å². The number of pyridine rings is 1. The van der Waals surface area contributed by atoms with Gasteiger partial charge in [0.05, 0.1) is 17.4 Å². The van der Waals surface area contributed by atoms with Crippen molar-refractivity contribution < 1.29 is 45.7 Å². The molecule has 2 aromatic heterocycles. The number of sulfonamides is 1. The van der Waals surface area contributed by atoms with Gasteiger partial charge in [-0.25, -0.2) is 27.3 Å². The summed E-state index contributed by atoms with van der Waals surface area (Å²) in [6.45, 7) is 8.70. The van der Waals surface area contributed by atoms with Gasteiger partial charge >= 0.3 is 11.7 Å². The molecule has 0 aliphatic carbocycles. The minimum atomic E-state index is -5.10. The van der Waals surface area contributed by atoms with Gasteiger partial charge in [-0.1, -0.05) is 50.0 Å². The SMILES string of the molecule is CC(Oc1cc(-c2nn(COCC[Si](C)(C)C)c(Nc3ccc(OCc4cccc(C(=O)O)c4)cn3)c2C#N)ccc1NS(=O)(=O)C(F)F)c1ccc(F)cc1. The summed E-state index contributed by atoms with van der Waals surface area (Å²) in [7, 11) is -6.56. The van der Waals surface area contributed by atoms with E-state index in [0.717, 1.165) is 6.04 Å². The lowest BCUT2D eigenvalue weighted by Crippen LogP contribution is -2.22. The second-order valence-electron chi connectivity index (χ2n) is 13.8. The van der Waals surface area contributed by atoms with Crippen LogP contribution in [0.1, 0.15) is 40.1 Å². The first-order valence-electron chi connectivity index (χ1n) is 17.2. The highest BCUT2D eigenvalue weighted by Crippen LogP contribution is 2.38. The number of hydrogen-bond donors (Lipinski definition) is 3. The lowest BCUT2D eigenvalue weighted by Gasteiger charge is -2.19. The second kappa shape index (κ2) is 17.7. The van der Waals surface area contributed by atoms with Crippen LogP contribution in [0.5, 0.6) is 11.5 Å². The Bertz CT molecular complexity index is 2310. The Morgan fingerprint density at radius 1 is 1.05 bits per heavy atom. The molecule has 0 spiro atoms. The topological polar surface area (TPSA) is 178 Å². The highest BCUT2D eigenvalue weighted by molar-refractivity contribution is 7.93. The van der Waals surface area contributed by atoms with Crippen LogP contribution in [0.4, 0.5) is 30.5 Å². The van der Waals surface area contributed by atoms with E-state index in [9.17, 15) is 36.8 Å². The summed E-state index contributed by atoms with van der Waals surface area (Å²) in [5.41, 5.74) is 1.46. The van der Waals surface area contributed by atoms with Crippen molar-refractivity contribution in [2.75, 3.05) is 16.6 Å². The number of benzene rings is 3. The minimum absolute atomic E-state index is 0.0534. The number of aromatic nitrogens is 3. The fourth-order valence-electron chi connectivity index (χ4n) is 5.18. The Labute approximate surface area is 322 Å².